The topological polar surface area (TPSA) is 33.0 Å². The molecule has 0 saturated carbocycles. The van der Waals surface area contributed by atoms with Crippen LogP contribution in [0.1, 0.15) is 16.7 Å². The Kier molecular flexibility index (Phi) is 5.11. The van der Waals surface area contributed by atoms with E-state index in [-0.39, 0.29) is 0 Å². The summed E-state index contributed by atoms with van der Waals surface area (Å²) in [5.74, 6) is 0.841. The SMILES string of the molecule is COc1ccc(Cc2cc(Br)c(SC)cc2C#N)cc1. The first-order chi connectivity index (χ1) is 9.67. The Bertz CT molecular complexity index is 647. The molecule has 4 heteroatoms. The number of nitrogens with zero attached hydrogens (tertiary/aromatic N) is 1. The Morgan fingerprint density at radius 3 is 2.50 bits per heavy atom. The molecule has 0 saturated heterocycles. The summed E-state index contributed by atoms with van der Waals surface area (Å²) in [4.78, 5) is 1.08. The van der Waals surface area contributed by atoms with E-state index in [1.165, 1.54) is 0 Å². The van der Waals surface area contributed by atoms with E-state index in [1.807, 2.05) is 42.7 Å². The van der Waals surface area contributed by atoms with Crippen LogP contribution >= 0.6 is 27.7 Å². The van der Waals surface area contributed by atoms with Gasteiger partial charge in [0.1, 0.15) is 5.75 Å². The molecule has 0 aliphatic heterocycles. The average Bonchev–Trinajstić information content (AvgIpc) is 2.48. The van der Waals surface area contributed by atoms with Crippen molar-refractivity contribution in [3.05, 3.63) is 57.6 Å². The summed E-state index contributed by atoms with van der Waals surface area (Å²) in [6.45, 7) is 0. The van der Waals surface area contributed by atoms with Gasteiger partial charge < -0.3 is 4.74 Å². The van der Waals surface area contributed by atoms with Gasteiger partial charge in [0.15, 0.2) is 0 Å². The van der Waals surface area contributed by atoms with E-state index < -0.39 is 0 Å². The maximum atomic E-state index is 9.29. The Morgan fingerprint density at radius 2 is 1.95 bits per heavy atom. The lowest BCUT2D eigenvalue weighted by molar-refractivity contribution is 0.414. The maximum absolute atomic E-state index is 9.29. The molecule has 0 N–H and O–H groups in total. The first-order valence-corrected chi connectivity index (χ1v) is 8.09. The maximum Gasteiger partial charge on any atom is 0.118 e. The highest BCUT2D eigenvalue weighted by atomic mass is 79.9. The van der Waals surface area contributed by atoms with E-state index in [9.17, 15) is 5.26 Å². The number of halogens is 1. The molecule has 0 atom stereocenters. The summed E-state index contributed by atoms with van der Waals surface area (Å²) in [6, 6.07) is 14.2. The van der Waals surface area contributed by atoms with Crippen molar-refractivity contribution >= 4 is 27.7 Å². The van der Waals surface area contributed by atoms with Crippen molar-refractivity contribution in [1.82, 2.24) is 0 Å². The second kappa shape index (κ2) is 6.83. The third-order valence-corrected chi connectivity index (χ3v) is 4.75. The second-order valence-corrected chi connectivity index (χ2v) is 5.98. The lowest BCUT2D eigenvalue weighted by Gasteiger charge is -2.09. The van der Waals surface area contributed by atoms with E-state index in [1.54, 1.807) is 18.9 Å². The van der Waals surface area contributed by atoms with Crippen LogP contribution in [-0.2, 0) is 6.42 Å². The second-order valence-electron chi connectivity index (χ2n) is 4.28. The van der Waals surface area contributed by atoms with Gasteiger partial charge in [0.25, 0.3) is 0 Å². The van der Waals surface area contributed by atoms with Crippen molar-refractivity contribution < 1.29 is 4.74 Å². The quantitative estimate of drug-likeness (QED) is 0.755. The van der Waals surface area contributed by atoms with Gasteiger partial charge in [0, 0.05) is 9.37 Å². The largest absolute Gasteiger partial charge is 0.497 e. The van der Waals surface area contributed by atoms with Crippen molar-refractivity contribution in [2.45, 2.75) is 11.3 Å². The summed E-state index contributed by atoms with van der Waals surface area (Å²) in [5.41, 5.74) is 2.92. The summed E-state index contributed by atoms with van der Waals surface area (Å²) in [7, 11) is 1.65. The normalized spacial score (nSPS) is 10.1. The summed E-state index contributed by atoms with van der Waals surface area (Å²) < 4.78 is 6.19. The number of ether oxygens (including phenoxy) is 1. The van der Waals surface area contributed by atoms with Gasteiger partial charge in [-0.3, -0.25) is 0 Å². The number of nitriles is 1. The van der Waals surface area contributed by atoms with Gasteiger partial charge in [-0.05, 0) is 64.0 Å². The standard InChI is InChI=1S/C16H14BrNOS/c1-19-14-5-3-11(4-6-14)7-12-8-15(17)16(20-2)9-13(12)10-18/h3-6,8-9H,7H2,1-2H3. The predicted molar refractivity (Wildman–Crippen MR) is 86.4 cm³/mol. The molecule has 2 aromatic rings. The Labute approximate surface area is 131 Å². The fraction of sp³-hybridized carbons (Fsp3) is 0.188. The zero-order valence-electron chi connectivity index (χ0n) is 11.3. The number of benzene rings is 2. The molecule has 0 aromatic heterocycles. The molecule has 2 rings (SSSR count). The van der Waals surface area contributed by atoms with E-state index in [2.05, 4.69) is 22.0 Å². The summed E-state index contributed by atoms with van der Waals surface area (Å²) in [5, 5.41) is 9.29. The first-order valence-electron chi connectivity index (χ1n) is 6.07. The molecule has 0 amide bonds. The summed E-state index contributed by atoms with van der Waals surface area (Å²) in [6.07, 6.45) is 2.74. The van der Waals surface area contributed by atoms with Gasteiger partial charge in [0.05, 0.1) is 18.7 Å². The molecule has 0 unspecified atom stereocenters. The Balaban J connectivity index is 2.32. The van der Waals surface area contributed by atoms with Crippen molar-refractivity contribution in [1.29, 1.82) is 5.26 Å². The fourth-order valence-electron chi connectivity index (χ4n) is 1.96. The average molecular weight is 348 g/mol. The number of hydrogen-bond acceptors (Lipinski definition) is 3. The lowest BCUT2D eigenvalue weighted by Crippen LogP contribution is -1.94. The van der Waals surface area contributed by atoms with Gasteiger partial charge >= 0.3 is 0 Å². The van der Waals surface area contributed by atoms with Gasteiger partial charge in [0.2, 0.25) is 0 Å². The number of thioether (sulfide) groups is 1. The smallest absolute Gasteiger partial charge is 0.118 e. The van der Waals surface area contributed by atoms with Crippen LogP contribution in [0.3, 0.4) is 0 Å². The van der Waals surface area contributed by atoms with Gasteiger partial charge in [-0.15, -0.1) is 11.8 Å². The number of methoxy groups -OCH3 is 1. The number of hydrogen-bond donors (Lipinski definition) is 0. The minimum absolute atomic E-state index is 0.730. The van der Waals surface area contributed by atoms with E-state index in [0.29, 0.717) is 0 Å². The van der Waals surface area contributed by atoms with Gasteiger partial charge in [-0.25, -0.2) is 0 Å². The van der Waals surface area contributed by atoms with Crippen molar-refractivity contribution in [3.63, 3.8) is 0 Å². The minimum Gasteiger partial charge on any atom is -0.497 e. The molecule has 0 fully saturated rings. The molecule has 0 aliphatic rings. The molecule has 0 heterocycles. The highest BCUT2D eigenvalue weighted by molar-refractivity contribution is 9.10. The van der Waals surface area contributed by atoms with Crippen molar-refractivity contribution in [2.24, 2.45) is 0 Å². The van der Waals surface area contributed by atoms with Crippen LogP contribution in [0.4, 0.5) is 0 Å². The van der Waals surface area contributed by atoms with Crippen molar-refractivity contribution in [3.8, 4) is 11.8 Å². The van der Waals surface area contributed by atoms with Crippen LogP contribution in [0, 0.1) is 11.3 Å². The highest BCUT2D eigenvalue weighted by Crippen LogP contribution is 2.30. The lowest BCUT2D eigenvalue weighted by atomic mass is 10.0. The van der Waals surface area contributed by atoms with Crippen LogP contribution in [-0.4, -0.2) is 13.4 Å². The van der Waals surface area contributed by atoms with Crippen molar-refractivity contribution in [2.75, 3.05) is 13.4 Å². The molecular weight excluding hydrogens is 334 g/mol. The molecule has 0 radical (unpaired) electrons. The minimum atomic E-state index is 0.730. The highest BCUT2D eigenvalue weighted by Gasteiger charge is 2.08. The number of rotatable bonds is 4. The predicted octanol–water partition coefficient (Wildman–Crippen LogP) is 4.64. The van der Waals surface area contributed by atoms with E-state index >= 15 is 0 Å². The zero-order chi connectivity index (χ0) is 14.5. The molecule has 20 heavy (non-hydrogen) atoms. The Hall–Kier alpha value is -1.44. The molecule has 0 spiro atoms. The van der Waals surface area contributed by atoms with Crippen LogP contribution in [0.25, 0.3) is 0 Å². The Morgan fingerprint density at radius 1 is 1.25 bits per heavy atom. The third-order valence-electron chi connectivity index (χ3n) is 3.05. The molecule has 102 valence electrons. The van der Waals surface area contributed by atoms with Gasteiger partial charge in [-0.1, -0.05) is 12.1 Å². The van der Waals surface area contributed by atoms with Crippen LogP contribution in [0.5, 0.6) is 5.75 Å². The fourth-order valence-corrected chi connectivity index (χ4v) is 3.33. The van der Waals surface area contributed by atoms with E-state index in [4.69, 9.17) is 4.74 Å². The third kappa shape index (κ3) is 3.36. The monoisotopic (exact) mass is 347 g/mol. The van der Waals surface area contributed by atoms with Crippen LogP contribution in [0.15, 0.2) is 45.8 Å². The summed E-state index contributed by atoms with van der Waals surface area (Å²) >= 11 is 5.19. The van der Waals surface area contributed by atoms with Gasteiger partial charge in [-0.2, -0.15) is 5.26 Å². The molecular formula is C16H14BrNOS. The molecule has 2 nitrogen and oxygen atoms in total. The van der Waals surface area contributed by atoms with Crippen LogP contribution in [0.2, 0.25) is 0 Å². The molecule has 2 aromatic carbocycles. The van der Waals surface area contributed by atoms with E-state index in [0.717, 1.165) is 38.2 Å². The molecule has 0 aliphatic carbocycles. The molecule has 0 bridgehead atoms. The van der Waals surface area contributed by atoms with Crippen LogP contribution < -0.4 is 4.74 Å². The first kappa shape index (κ1) is 15.0. The zero-order valence-corrected chi connectivity index (χ0v) is 13.7.